The molecule has 0 spiro atoms. The standard InChI is InChI=1S/C13H13NO4.BrH/c15-11-6-7-12(16)14(11)10(13(17)18)8-9-4-2-1-3-5-9;/h1-5,10H,6-8H2,(H,17,18);1H/t10-;/m0./s1. The highest BCUT2D eigenvalue weighted by atomic mass is 79.9. The smallest absolute Gasteiger partial charge is 0.363 e. The number of benzene rings is 1. The molecule has 1 heterocycles. The molecule has 0 radical (unpaired) electrons. The van der Waals surface area contributed by atoms with Crippen molar-refractivity contribution in [2.75, 3.05) is 0 Å². The van der Waals surface area contributed by atoms with Crippen molar-refractivity contribution in [1.29, 1.82) is 0 Å². The van der Waals surface area contributed by atoms with Crippen molar-refractivity contribution in [2.45, 2.75) is 25.3 Å². The molecular weight excluding hydrogens is 314 g/mol. The third-order valence-electron chi connectivity index (χ3n) is 3.11. The maximum Gasteiger partial charge on any atom is 0.363 e. The van der Waals surface area contributed by atoms with Crippen LogP contribution >= 0.6 is 0 Å². The number of halogens is 1. The molecule has 1 aliphatic rings. The van der Waals surface area contributed by atoms with Gasteiger partial charge in [-0.2, -0.15) is 4.90 Å². The molecule has 1 aromatic carbocycles. The third kappa shape index (κ3) is 3.48. The van der Waals surface area contributed by atoms with Gasteiger partial charge in [0.2, 0.25) is 6.04 Å². The van der Waals surface area contributed by atoms with Crippen LogP contribution in [-0.2, 0) is 20.8 Å². The van der Waals surface area contributed by atoms with Crippen LogP contribution in [0.2, 0.25) is 0 Å². The molecule has 0 saturated carbocycles. The summed E-state index contributed by atoms with van der Waals surface area (Å²) in [6.45, 7) is 0. The van der Waals surface area contributed by atoms with E-state index < -0.39 is 12.0 Å². The second-order valence-corrected chi connectivity index (χ2v) is 4.34. The normalized spacial score (nSPS) is 17.1. The van der Waals surface area contributed by atoms with Crippen molar-refractivity contribution < 1.29 is 41.4 Å². The average Bonchev–Trinajstić information content (AvgIpc) is 2.67. The van der Waals surface area contributed by atoms with Gasteiger partial charge in [0, 0.05) is 6.42 Å². The summed E-state index contributed by atoms with van der Waals surface area (Å²) < 4.78 is 0. The Morgan fingerprint density at radius 2 is 1.68 bits per heavy atom. The van der Waals surface area contributed by atoms with E-state index in [1.165, 1.54) is 0 Å². The number of nitrogens with one attached hydrogen (secondary N) is 1. The summed E-state index contributed by atoms with van der Waals surface area (Å²) in [6, 6.07) is 8.00. The molecule has 0 aliphatic carbocycles. The number of hydrogen-bond donors (Lipinski definition) is 2. The highest BCUT2D eigenvalue weighted by Crippen LogP contribution is 2.04. The maximum atomic E-state index is 11.6. The fourth-order valence-electron chi connectivity index (χ4n) is 2.20. The van der Waals surface area contributed by atoms with Gasteiger partial charge in [0.15, 0.2) is 0 Å². The first-order chi connectivity index (χ1) is 8.59. The SMILES string of the molecule is O=C(O)[C@H](Cc1ccccc1)[NH+]1C(=O)CCC1=O.[Br-]. The van der Waals surface area contributed by atoms with Crippen molar-refractivity contribution in [2.24, 2.45) is 0 Å². The van der Waals surface area contributed by atoms with Gasteiger partial charge in [-0.05, 0) is 5.56 Å². The molecule has 1 atom stereocenters. The zero-order valence-electron chi connectivity index (χ0n) is 10.1. The van der Waals surface area contributed by atoms with Crippen molar-refractivity contribution in [3.8, 4) is 0 Å². The van der Waals surface area contributed by atoms with Crippen molar-refractivity contribution in [1.82, 2.24) is 0 Å². The number of carboxylic acids is 1. The molecule has 1 aromatic rings. The monoisotopic (exact) mass is 327 g/mol. The van der Waals surface area contributed by atoms with E-state index in [2.05, 4.69) is 0 Å². The van der Waals surface area contributed by atoms with E-state index in [0.29, 0.717) is 0 Å². The molecule has 1 saturated heterocycles. The van der Waals surface area contributed by atoms with Gasteiger partial charge in [-0.1, -0.05) is 30.3 Å². The van der Waals surface area contributed by atoms with Gasteiger partial charge in [-0.15, -0.1) is 0 Å². The minimum atomic E-state index is -1.11. The number of aliphatic carboxylic acids is 1. The van der Waals surface area contributed by atoms with E-state index in [0.717, 1.165) is 5.56 Å². The highest BCUT2D eigenvalue weighted by Gasteiger charge is 2.44. The first-order valence-electron chi connectivity index (χ1n) is 5.79. The lowest BCUT2D eigenvalue weighted by Gasteiger charge is -2.16. The predicted octanol–water partition coefficient (Wildman–Crippen LogP) is -3.58. The second-order valence-electron chi connectivity index (χ2n) is 4.34. The quantitative estimate of drug-likeness (QED) is 0.561. The molecule has 0 unspecified atom stereocenters. The van der Waals surface area contributed by atoms with E-state index in [4.69, 9.17) is 0 Å². The summed E-state index contributed by atoms with van der Waals surface area (Å²) in [7, 11) is 0. The minimum absolute atomic E-state index is 0. The molecule has 0 bridgehead atoms. The Morgan fingerprint density at radius 3 is 2.16 bits per heavy atom. The Hall–Kier alpha value is -1.53. The number of carboxylic acid groups (broad SMARTS) is 1. The zero-order valence-corrected chi connectivity index (χ0v) is 11.7. The zero-order chi connectivity index (χ0) is 13.1. The van der Waals surface area contributed by atoms with Crippen LogP contribution in [-0.4, -0.2) is 28.9 Å². The lowest BCUT2D eigenvalue weighted by atomic mass is 10.1. The number of likely N-dealkylation sites (tertiary alicyclic amines) is 1. The molecule has 1 fully saturated rings. The Balaban J connectivity index is 0.00000180. The van der Waals surface area contributed by atoms with Crippen LogP contribution in [0.5, 0.6) is 0 Å². The second kappa shape index (κ2) is 6.58. The number of amides is 2. The predicted molar refractivity (Wildman–Crippen MR) is 61.8 cm³/mol. The van der Waals surface area contributed by atoms with Gasteiger partial charge < -0.3 is 22.1 Å². The van der Waals surface area contributed by atoms with Crippen LogP contribution < -0.4 is 21.9 Å². The molecule has 1 aliphatic heterocycles. The molecule has 2 rings (SSSR count). The summed E-state index contributed by atoms with van der Waals surface area (Å²) >= 11 is 0. The highest BCUT2D eigenvalue weighted by molar-refractivity contribution is 5.91. The number of carbonyl (C=O) groups is 3. The van der Waals surface area contributed by atoms with E-state index in [1.807, 2.05) is 6.07 Å². The van der Waals surface area contributed by atoms with E-state index in [-0.39, 0.29) is 53.0 Å². The van der Waals surface area contributed by atoms with Crippen LogP contribution in [0.4, 0.5) is 0 Å². The van der Waals surface area contributed by atoms with Crippen LogP contribution in [0.25, 0.3) is 0 Å². The van der Waals surface area contributed by atoms with Gasteiger partial charge >= 0.3 is 17.8 Å². The largest absolute Gasteiger partial charge is 1.00 e. The molecule has 2 amide bonds. The van der Waals surface area contributed by atoms with E-state index in [9.17, 15) is 19.5 Å². The van der Waals surface area contributed by atoms with Gasteiger partial charge in [0.25, 0.3) is 0 Å². The van der Waals surface area contributed by atoms with E-state index in [1.54, 1.807) is 24.3 Å². The van der Waals surface area contributed by atoms with Gasteiger partial charge in [-0.25, -0.2) is 14.4 Å². The first kappa shape index (κ1) is 15.5. The van der Waals surface area contributed by atoms with Gasteiger partial charge in [0.1, 0.15) is 0 Å². The lowest BCUT2D eigenvalue weighted by Crippen LogP contribution is -3.19. The molecule has 102 valence electrons. The van der Waals surface area contributed by atoms with Crippen LogP contribution in [0.1, 0.15) is 18.4 Å². The Labute approximate surface area is 121 Å². The number of carbonyl (C=O) groups excluding carboxylic acids is 2. The molecule has 0 aromatic heterocycles. The van der Waals surface area contributed by atoms with Gasteiger partial charge in [0.05, 0.1) is 12.8 Å². The molecule has 6 heteroatoms. The molecule has 19 heavy (non-hydrogen) atoms. The van der Waals surface area contributed by atoms with Gasteiger partial charge in [-0.3, -0.25) is 0 Å². The minimum Gasteiger partial charge on any atom is -1.00 e. The third-order valence-corrected chi connectivity index (χ3v) is 3.11. The summed E-state index contributed by atoms with van der Waals surface area (Å²) in [5.41, 5.74) is 0.810. The summed E-state index contributed by atoms with van der Waals surface area (Å²) in [4.78, 5) is 34.4. The number of hydrogen-bond acceptors (Lipinski definition) is 3. The summed E-state index contributed by atoms with van der Waals surface area (Å²) in [5, 5.41) is 9.21. The van der Waals surface area contributed by atoms with Crippen LogP contribution in [0.15, 0.2) is 30.3 Å². The molecule has 2 N–H and O–H groups in total. The fourth-order valence-corrected chi connectivity index (χ4v) is 2.20. The summed E-state index contributed by atoms with van der Waals surface area (Å²) in [5.74, 6) is -1.75. The number of imide groups is 1. The topological polar surface area (TPSA) is 75.9 Å². The van der Waals surface area contributed by atoms with Crippen LogP contribution in [0.3, 0.4) is 0 Å². The Morgan fingerprint density at radius 1 is 1.16 bits per heavy atom. The van der Waals surface area contributed by atoms with Crippen molar-refractivity contribution >= 4 is 17.8 Å². The fraction of sp³-hybridized carbons (Fsp3) is 0.308. The number of quaternary nitrogens is 1. The van der Waals surface area contributed by atoms with Crippen molar-refractivity contribution in [3.63, 3.8) is 0 Å². The maximum absolute atomic E-state index is 11.6. The van der Waals surface area contributed by atoms with Crippen molar-refractivity contribution in [3.05, 3.63) is 35.9 Å². The van der Waals surface area contributed by atoms with Crippen LogP contribution in [0, 0.1) is 0 Å². The first-order valence-corrected chi connectivity index (χ1v) is 5.79. The molecular formula is C13H14BrNO4. The lowest BCUT2D eigenvalue weighted by molar-refractivity contribution is -0.752. The molecule has 5 nitrogen and oxygen atoms in total. The Kier molecular flexibility index (Phi) is 5.38. The Bertz CT molecular complexity index is 473. The average molecular weight is 328 g/mol. The number of rotatable bonds is 4. The van der Waals surface area contributed by atoms with E-state index >= 15 is 0 Å². The summed E-state index contributed by atoms with van der Waals surface area (Å²) in [6.07, 6.45) is 0.475.